The molecule has 0 heterocycles. The number of nitrogens with zero attached hydrogens (tertiary/aromatic N) is 1. The van der Waals surface area contributed by atoms with E-state index in [9.17, 15) is 0 Å². The van der Waals surface area contributed by atoms with Crippen LogP contribution in [0.15, 0.2) is 24.3 Å². The summed E-state index contributed by atoms with van der Waals surface area (Å²) in [7, 11) is -2.38. The summed E-state index contributed by atoms with van der Waals surface area (Å²) in [4.78, 5) is 0. The van der Waals surface area contributed by atoms with Crippen LogP contribution in [0.4, 0.5) is 0 Å². The summed E-state index contributed by atoms with van der Waals surface area (Å²) in [6, 6.07) is 10.4. The number of hydrogen-bond donors (Lipinski definition) is 0. The molecule has 0 unspecified atom stereocenters. The van der Waals surface area contributed by atoms with Crippen molar-refractivity contribution < 1.29 is 0 Å². The molecule has 1 nitrogen and oxygen atoms in total. The third-order valence-corrected chi connectivity index (χ3v) is 21.3. The van der Waals surface area contributed by atoms with Crippen molar-refractivity contribution in [2.45, 2.75) is 32.7 Å². The summed E-state index contributed by atoms with van der Waals surface area (Å²) in [6.07, 6.45) is 0. The van der Waals surface area contributed by atoms with Crippen molar-refractivity contribution in [2.75, 3.05) is 0 Å². The first kappa shape index (κ1) is 12.2. The van der Waals surface area contributed by atoms with E-state index >= 15 is 0 Å². The predicted octanol–water partition coefficient (Wildman–Crippen LogP) is 2.89. The largest absolute Gasteiger partial charge is 0.192 e. The lowest BCUT2D eigenvalue weighted by molar-refractivity contribution is 1.49. The summed E-state index contributed by atoms with van der Waals surface area (Å²) in [5.74, 6) is 0. The Morgan fingerprint density at radius 2 is 1.40 bits per heavy atom. The van der Waals surface area contributed by atoms with E-state index < -0.39 is 15.2 Å². The van der Waals surface area contributed by atoms with Crippen LogP contribution in [0.25, 0.3) is 0 Å². The highest BCUT2D eigenvalue weighted by atomic mass is 29.3. The zero-order valence-corrected chi connectivity index (χ0v) is 12.3. The van der Waals surface area contributed by atoms with E-state index in [1.807, 2.05) is 12.1 Å². The van der Waals surface area contributed by atoms with Crippen LogP contribution in [-0.2, 0) is 0 Å². The SMILES string of the molecule is C[Si](C)(C)[Si](C)(C)c1ccc(C#N)cc1. The van der Waals surface area contributed by atoms with Crippen LogP contribution in [0, 0.1) is 11.3 Å². The first-order valence-corrected chi connectivity index (χ1v) is 12.8. The van der Waals surface area contributed by atoms with Crippen LogP contribution >= 0.6 is 0 Å². The topological polar surface area (TPSA) is 23.8 Å². The molecule has 0 saturated heterocycles. The summed E-state index contributed by atoms with van der Waals surface area (Å²) in [6.45, 7) is 12.2. The lowest BCUT2D eigenvalue weighted by Gasteiger charge is -2.35. The van der Waals surface area contributed by atoms with Gasteiger partial charge in [0.2, 0.25) is 0 Å². The van der Waals surface area contributed by atoms with Gasteiger partial charge >= 0.3 is 0 Å². The number of nitriles is 1. The van der Waals surface area contributed by atoms with Gasteiger partial charge in [-0.05, 0) is 12.1 Å². The van der Waals surface area contributed by atoms with Crippen LogP contribution in [0.3, 0.4) is 0 Å². The Kier molecular flexibility index (Phi) is 3.22. The van der Waals surface area contributed by atoms with E-state index in [0.29, 0.717) is 0 Å². The van der Waals surface area contributed by atoms with Crippen LogP contribution < -0.4 is 5.19 Å². The molecule has 0 aromatic heterocycles. The molecule has 0 bridgehead atoms. The molecular weight excluding hydrogens is 214 g/mol. The van der Waals surface area contributed by atoms with E-state index in [4.69, 9.17) is 5.26 Å². The van der Waals surface area contributed by atoms with Gasteiger partial charge in [-0.25, -0.2) is 0 Å². The number of hydrogen-bond acceptors (Lipinski definition) is 1. The summed E-state index contributed by atoms with van der Waals surface area (Å²) >= 11 is 0. The highest BCUT2D eigenvalue weighted by Gasteiger charge is 2.37. The Balaban J connectivity index is 3.13. The molecule has 0 amide bonds. The average molecular weight is 233 g/mol. The summed E-state index contributed by atoms with van der Waals surface area (Å²) < 4.78 is 0. The van der Waals surface area contributed by atoms with Gasteiger partial charge in [0.1, 0.15) is 0 Å². The van der Waals surface area contributed by atoms with Crippen molar-refractivity contribution in [3.8, 4) is 6.07 Å². The monoisotopic (exact) mass is 233 g/mol. The zero-order chi connectivity index (χ0) is 11.7. The minimum Gasteiger partial charge on any atom is -0.192 e. The van der Waals surface area contributed by atoms with E-state index in [0.717, 1.165) is 5.56 Å². The Labute approximate surface area is 94.6 Å². The molecule has 3 heteroatoms. The lowest BCUT2D eigenvalue weighted by atomic mass is 10.2. The third kappa shape index (κ3) is 2.39. The van der Waals surface area contributed by atoms with Crippen LogP contribution in [0.2, 0.25) is 32.7 Å². The normalized spacial score (nSPS) is 12.3. The Morgan fingerprint density at radius 1 is 0.933 bits per heavy atom. The maximum absolute atomic E-state index is 8.76. The molecule has 1 aromatic rings. The van der Waals surface area contributed by atoms with Crippen LogP contribution in [-0.4, -0.2) is 15.2 Å². The van der Waals surface area contributed by atoms with E-state index in [-0.39, 0.29) is 0 Å². The molecular formula is C12H19NSi2. The molecule has 15 heavy (non-hydrogen) atoms. The number of benzene rings is 1. The van der Waals surface area contributed by atoms with Crippen molar-refractivity contribution in [2.24, 2.45) is 0 Å². The molecule has 0 radical (unpaired) electrons. The molecule has 1 rings (SSSR count). The van der Waals surface area contributed by atoms with Gasteiger partial charge in [-0.15, -0.1) is 0 Å². The molecule has 0 fully saturated rings. The van der Waals surface area contributed by atoms with Crippen molar-refractivity contribution in [3.63, 3.8) is 0 Å². The Morgan fingerprint density at radius 3 is 1.73 bits per heavy atom. The number of rotatable bonds is 2. The van der Waals surface area contributed by atoms with Crippen molar-refractivity contribution >= 4 is 20.4 Å². The smallest absolute Gasteiger partial charge is 0.0991 e. The molecule has 0 atom stereocenters. The molecule has 80 valence electrons. The van der Waals surface area contributed by atoms with Crippen LogP contribution in [0.1, 0.15) is 5.56 Å². The quantitative estimate of drug-likeness (QED) is 0.721. The maximum Gasteiger partial charge on any atom is 0.0991 e. The fourth-order valence-corrected chi connectivity index (χ4v) is 6.36. The summed E-state index contributed by atoms with van der Waals surface area (Å²) in [5.41, 5.74) is 0.763. The highest BCUT2D eigenvalue weighted by Crippen LogP contribution is 2.18. The fraction of sp³-hybridized carbons (Fsp3) is 0.417. The molecule has 0 N–H and O–H groups in total. The van der Waals surface area contributed by atoms with Gasteiger partial charge in [0, 0.05) is 7.59 Å². The highest BCUT2D eigenvalue weighted by molar-refractivity contribution is 7.45. The van der Waals surface area contributed by atoms with Gasteiger partial charge in [0.05, 0.1) is 19.2 Å². The lowest BCUT2D eigenvalue weighted by Crippen LogP contribution is -2.61. The van der Waals surface area contributed by atoms with E-state index in [1.165, 1.54) is 5.19 Å². The molecule has 0 spiro atoms. The standard InChI is InChI=1S/C12H19NSi2/c1-14(2,3)15(4,5)12-8-6-11(10-13)7-9-12/h6-9H,1-5H3. The second-order valence-electron chi connectivity index (χ2n) is 5.56. The molecule has 0 aliphatic rings. The van der Waals surface area contributed by atoms with Gasteiger partial charge in [-0.2, -0.15) is 5.26 Å². The van der Waals surface area contributed by atoms with Gasteiger partial charge in [-0.1, -0.05) is 50.1 Å². The maximum atomic E-state index is 8.76. The van der Waals surface area contributed by atoms with Gasteiger partial charge in [0.15, 0.2) is 0 Å². The minimum absolute atomic E-state index is 0.763. The zero-order valence-electron chi connectivity index (χ0n) is 10.3. The molecule has 0 saturated carbocycles. The van der Waals surface area contributed by atoms with E-state index in [2.05, 4.69) is 50.9 Å². The van der Waals surface area contributed by atoms with Gasteiger partial charge in [-0.3, -0.25) is 0 Å². The average Bonchev–Trinajstić information content (AvgIpc) is 2.16. The Hall–Kier alpha value is -0.856. The molecule has 0 aliphatic heterocycles. The second-order valence-corrected chi connectivity index (χ2v) is 22.1. The minimum atomic E-state index is -1.29. The van der Waals surface area contributed by atoms with Crippen molar-refractivity contribution in [3.05, 3.63) is 29.8 Å². The molecule has 1 aromatic carbocycles. The molecule has 0 aliphatic carbocycles. The first-order valence-electron chi connectivity index (χ1n) is 5.29. The van der Waals surface area contributed by atoms with Crippen molar-refractivity contribution in [1.29, 1.82) is 5.26 Å². The fourth-order valence-electron chi connectivity index (χ4n) is 1.39. The van der Waals surface area contributed by atoms with Gasteiger partial charge < -0.3 is 0 Å². The van der Waals surface area contributed by atoms with E-state index in [1.54, 1.807) is 0 Å². The summed E-state index contributed by atoms with van der Waals surface area (Å²) in [5, 5.41) is 10.2. The predicted molar refractivity (Wildman–Crippen MR) is 71.6 cm³/mol. The first-order chi connectivity index (χ1) is 6.79. The third-order valence-electron chi connectivity index (χ3n) is 3.61. The Bertz CT molecular complexity index is 380. The van der Waals surface area contributed by atoms with Crippen molar-refractivity contribution in [1.82, 2.24) is 0 Å². The van der Waals surface area contributed by atoms with Gasteiger partial charge in [0.25, 0.3) is 0 Å². The second kappa shape index (κ2) is 3.95. The van der Waals surface area contributed by atoms with Crippen LogP contribution in [0.5, 0.6) is 0 Å².